The van der Waals surface area contributed by atoms with Crippen LogP contribution >= 0.6 is 0 Å². The number of carbonyl (C=O) groups is 3. The summed E-state index contributed by atoms with van der Waals surface area (Å²) in [6, 6.07) is -0.283. The maximum atomic E-state index is 11.4. The van der Waals surface area contributed by atoms with E-state index in [1.807, 2.05) is 0 Å². The van der Waals surface area contributed by atoms with Gasteiger partial charge in [-0.15, -0.1) is 0 Å². The monoisotopic (exact) mass is 271 g/mol. The summed E-state index contributed by atoms with van der Waals surface area (Å²) in [6.07, 6.45) is 2.00. The molecule has 6 heteroatoms. The Kier molecular flexibility index (Phi) is 8.24. The molecule has 0 aromatic heterocycles. The first kappa shape index (κ1) is 17.2. The SMILES string of the molecule is CCOC(=O)/C=C/C(=O)OC[C@H](C)NC(=O)C(C)C. The lowest BCUT2D eigenvalue weighted by atomic mass is 10.2. The highest BCUT2D eigenvalue weighted by Crippen LogP contribution is 1.94. The maximum Gasteiger partial charge on any atom is 0.331 e. The first-order valence-corrected chi connectivity index (χ1v) is 6.18. The van der Waals surface area contributed by atoms with Gasteiger partial charge in [0.1, 0.15) is 6.61 Å². The first-order chi connectivity index (χ1) is 8.86. The molecule has 0 saturated heterocycles. The average Bonchev–Trinajstić information content (AvgIpc) is 2.34. The summed E-state index contributed by atoms with van der Waals surface area (Å²) >= 11 is 0. The minimum absolute atomic E-state index is 0.0461. The van der Waals surface area contributed by atoms with Crippen molar-refractivity contribution in [1.29, 1.82) is 0 Å². The lowest BCUT2D eigenvalue weighted by molar-refractivity contribution is -0.141. The van der Waals surface area contributed by atoms with Crippen LogP contribution in [-0.2, 0) is 23.9 Å². The van der Waals surface area contributed by atoms with Crippen LogP contribution in [0, 0.1) is 5.92 Å². The van der Waals surface area contributed by atoms with Gasteiger partial charge in [-0.1, -0.05) is 13.8 Å². The van der Waals surface area contributed by atoms with Gasteiger partial charge in [0, 0.05) is 18.1 Å². The van der Waals surface area contributed by atoms with Crippen LogP contribution in [0.3, 0.4) is 0 Å². The molecular formula is C13H21NO5. The van der Waals surface area contributed by atoms with E-state index in [0.29, 0.717) is 0 Å². The highest BCUT2D eigenvalue weighted by molar-refractivity contribution is 5.91. The van der Waals surface area contributed by atoms with Gasteiger partial charge in [0.15, 0.2) is 0 Å². The van der Waals surface area contributed by atoms with Crippen LogP contribution in [0.25, 0.3) is 0 Å². The summed E-state index contributed by atoms with van der Waals surface area (Å²) in [5, 5.41) is 2.69. The summed E-state index contributed by atoms with van der Waals surface area (Å²) in [5.74, 6) is -1.48. The number of carbonyl (C=O) groups excluding carboxylic acids is 3. The number of rotatable bonds is 7. The van der Waals surface area contributed by atoms with Gasteiger partial charge in [-0.05, 0) is 13.8 Å². The summed E-state index contributed by atoms with van der Waals surface area (Å²) in [5.41, 5.74) is 0. The van der Waals surface area contributed by atoms with Crippen LogP contribution in [-0.4, -0.2) is 37.1 Å². The van der Waals surface area contributed by atoms with E-state index in [9.17, 15) is 14.4 Å². The van der Waals surface area contributed by atoms with E-state index in [0.717, 1.165) is 12.2 Å². The quantitative estimate of drug-likeness (QED) is 0.547. The van der Waals surface area contributed by atoms with Gasteiger partial charge in [0.2, 0.25) is 5.91 Å². The van der Waals surface area contributed by atoms with Crippen molar-refractivity contribution in [2.24, 2.45) is 5.92 Å². The Morgan fingerprint density at radius 2 is 1.58 bits per heavy atom. The van der Waals surface area contributed by atoms with Gasteiger partial charge in [0.25, 0.3) is 0 Å². The van der Waals surface area contributed by atoms with Gasteiger partial charge < -0.3 is 14.8 Å². The van der Waals surface area contributed by atoms with Crippen molar-refractivity contribution in [1.82, 2.24) is 5.32 Å². The second-order valence-corrected chi connectivity index (χ2v) is 4.28. The summed E-state index contributed by atoms with van der Waals surface area (Å²) in [4.78, 5) is 33.5. The molecule has 0 bridgehead atoms. The molecule has 0 radical (unpaired) electrons. The number of hydrogen-bond donors (Lipinski definition) is 1. The molecule has 1 atom stereocenters. The molecule has 0 aromatic carbocycles. The molecule has 1 N–H and O–H groups in total. The molecular weight excluding hydrogens is 250 g/mol. The fraction of sp³-hybridized carbons (Fsp3) is 0.615. The molecule has 0 fully saturated rings. The predicted molar refractivity (Wildman–Crippen MR) is 69.2 cm³/mol. The van der Waals surface area contributed by atoms with E-state index in [1.54, 1.807) is 27.7 Å². The molecule has 108 valence electrons. The van der Waals surface area contributed by atoms with Crippen LogP contribution in [0.5, 0.6) is 0 Å². The topological polar surface area (TPSA) is 81.7 Å². The Morgan fingerprint density at radius 1 is 1.05 bits per heavy atom. The molecule has 0 rings (SSSR count). The lowest BCUT2D eigenvalue weighted by Gasteiger charge is -2.15. The number of ether oxygens (including phenoxy) is 2. The van der Waals surface area contributed by atoms with Crippen LogP contribution < -0.4 is 5.32 Å². The fourth-order valence-corrected chi connectivity index (χ4v) is 1.03. The third-order valence-corrected chi connectivity index (χ3v) is 2.03. The largest absolute Gasteiger partial charge is 0.463 e. The molecule has 0 aromatic rings. The molecule has 0 saturated carbocycles. The zero-order valence-electron chi connectivity index (χ0n) is 11.8. The molecule has 6 nitrogen and oxygen atoms in total. The fourth-order valence-electron chi connectivity index (χ4n) is 1.03. The normalized spacial score (nSPS) is 12.3. The highest BCUT2D eigenvalue weighted by Gasteiger charge is 2.11. The molecule has 1 amide bonds. The van der Waals surface area contributed by atoms with Gasteiger partial charge in [-0.25, -0.2) is 9.59 Å². The van der Waals surface area contributed by atoms with Crippen molar-refractivity contribution >= 4 is 17.8 Å². The van der Waals surface area contributed by atoms with E-state index >= 15 is 0 Å². The molecule has 0 aliphatic rings. The summed E-state index contributed by atoms with van der Waals surface area (Å²) < 4.78 is 9.47. The number of nitrogens with one attached hydrogen (secondary N) is 1. The summed E-state index contributed by atoms with van der Waals surface area (Å²) in [7, 11) is 0. The number of esters is 2. The molecule has 0 aliphatic heterocycles. The molecule has 0 spiro atoms. The van der Waals surface area contributed by atoms with Crippen LogP contribution in [0.1, 0.15) is 27.7 Å². The number of amides is 1. The molecule has 0 aliphatic carbocycles. The Morgan fingerprint density at radius 3 is 2.05 bits per heavy atom. The third-order valence-electron chi connectivity index (χ3n) is 2.03. The van der Waals surface area contributed by atoms with Crippen molar-refractivity contribution in [3.8, 4) is 0 Å². The average molecular weight is 271 g/mol. The van der Waals surface area contributed by atoms with E-state index in [2.05, 4.69) is 10.1 Å². The van der Waals surface area contributed by atoms with E-state index in [-0.39, 0.29) is 31.1 Å². The van der Waals surface area contributed by atoms with Crippen LogP contribution in [0.2, 0.25) is 0 Å². The lowest BCUT2D eigenvalue weighted by Crippen LogP contribution is -2.38. The van der Waals surface area contributed by atoms with Crippen molar-refractivity contribution in [3.05, 3.63) is 12.2 Å². The number of hydrogen-bond acceptors (Lipinski definition) is 5. The van der Waals surface area contributed by atoms with Crippen LogP contribution in [0.4, 0.5) is 0 Å². The Labute approximate surface area is 113 Å². The molecule has 0 unspecified atom stereocenters. The van der Waals surface area contributed by atoms with Crippen molar-refractivity contribution < 1.29 is 23.9 Å². The van der Waals surface area contributed by atoms with E-state index < -0.39 is 11.9 Å². The predicted octanol–water partition coefficient (Wildman–Crippen LogP) is 0.810. The second kappa shape index (κ2) is 9.13. The highest BCUT2D eigenvalue weighted by atomic mass is 16.5. The zero-order chi connectivity index (χ0) is 14.8. The van der Waals surface area contributed by atoms with Gasteiger partial charge in [-0.3, -0.25) is 4.79 Å². The maximum absolute atomic E-state index is 11.4. The van der Waals surface area contributed by atoms with Crippen molar-refractivity contribution in [2.45, 2.75) is 33.7 Å². The minimum Gasteiger partial charge on any atom is -0.463 e. The second-order valence-electron chi connectivity index (χ2n) is 4.28. The smallest absolute Gasteiger partial charge is 0.331 e. The zero-order valence-corrected chi connectivity index (χ0v) is 11.8. The van der Waals surface area contributed by atoms with Gasteiger partial charge >= 0.3 is 11.9 Å². The third kappa shape index (κ3) is 8.82. The standard InChI is InChI=1S/C13H21NO5/c1-5-18-11(15)6-7-12(16)19-8-10(4)14-13(17)9(2)3/h6-7,9-10H,5,8H2,1-4H3,(H,14,17)/b7-6+/t10-/m0/s1. The Balaban J connectivity index is 3.96. The van der Waals surface area contributed by atoms with Gasteiger partial charge in [0.05, 0.1) is 12.6 Å². The minimum atomic E-state index is -0.654. The van der Waals surface area contributed by atoms with E-state index in [4.69, 9.17) is 4.74 Å². The van der Waals surface area contributed by atoms with Crippen molar-refractivity contribution in [3.63, 3.8) is 0 Å². The molecule has 19 heavy (non-hydrogen) atoms. The molecule has 0 heterocycles. The first-order valence-electron chi connectivity index (χ1n) is 6.18. The van der Waals surface area contributed by atoms with Gasteiger partial charge in [-0.2, -0.15) is 0 Å². The van der Waals surface area contributed by atoms with Crippen LogP contribution in [0.15, 0.2) is 12.2 Å². The summed E-state index contributed by atoms with van der Waals surface area (Å²) in [6.45, 7) is 7.24. The Bertz CT molecular complexity index is 349. The van der Waals surface area contributed by atoms with E-state index in [1.165, 1.54) is 0 Å². The Hall–Kier alpha value is -1.85. The van der Waals surface area contributed by atoms with Crippen molar-refractivity contribution in [2.75, 3.05) is 13.2 Å².